The average molecular weight is 579 g/mol. The first-order valence-electron chi connectivity index (χ1n) is 13.3. The number of carboxylic acids is 1. The molecular formula is C31H32ClFN4O4. The number of anilines is 1. The zero-order valence-corrected chi connectivity index (χ0v) is 24.6. The molecule has 10 heteroatoms. The summed E-state index contributed by atoms with van der Waals surface area (Å²) in [6.07, 6.45) is 0. The molecule has 41 heavy (non-hydrogen) atoms. The van der Waals surface area contributed by atoms with Gasteiger partial charge in [-0.3, -0.25) is 4.79 Å². The second-order valence-corrected chi connectivity index (χ2v) is 12.5. The van der Waals surface area contributed by atoms with Crippen molar-refractivity contribution >= 4 is 40.4 Å². The smallest absolute Gasteiger partial charge is 0.354 e. The van der Waals surface area contributed by atoms with Gasteiger partial charge in [-0.2, -0.15) is 0 Å². The number of nitrogens with zero attached hydrogens (tertiary/aromatic N) is 4. The van der Waals surface area contributed by atoms with E-state index in [2.05, 4.69) is 4.98 Å². The summed E-state index contributed by atoms with van der Waals surface area (Å²) in [6, 6.07) is 11.6. The van der Waals surface area contributed by atoms with Crippen LogP contribution in [-0.2, 0) is 5.41 Å². The standard InChI is InChI=1S/C31H32ClFN4O4/c1-17-7-10-25(35-26(17)29(39)40)36-11-12-37(31(5,6)16-36)28(38)24-15-23-27(41-24)19(30(2,3)4)14-22(34-23)18-8-9-20(32)21(33)13-18/h7-10,13-15H,11-12,16H2,1-6H3,(H,39,40). The molecule has 1 aliphatic rings. The van der Waals surface area contributed by atoms with Gasteiger partial charge in [-0.1, -0.05) is 44.5 Å². The zero-order valence-electron chi connectivity index (χ0n) is 23.9. The van der Waals surface area contributed by atoms with Gasteiger partial charge in [0.1, 0.15) is 17.2 Å². The van der Waals surface area contributed by atoms with E-state index in [0.29, 0.717) is 53.4 Å². The number of aromatic nitrogens is 2. The van der Waals surface area contributed by atoms with E-state index in [0.717, 1.165) is 5.56 Å². The SMILES string of the molecule is Cc1ccc(N2CCN(C(=O)c3cc4nc(-c5ccc(Cl)c(F)c5)cc(C(C)(C)C)c4o3)C(C)(C)C2)nc1C(=O)O. The minimum Gasteiger partial charge on any atom is -0.477 e. The fourth-order valence-electron chi connectivity index (χ4n) is 5.26. The number of rotatable bonds is 4. The molecule has 0 radical (unpaired) electrons. The van der Waals surface area contributed by atoms with Gasteiger partial charge in [-0.15, -0.1) is 0 Å². The summed E-state index contributed by atoms with van der Waals surface area (Å²) in [7, 11) is 0. The second-order valence-electron chi connectivity index (χ2n) is 12.1. The zero-order chi connectivity index (χ0) is 29.9. The third-order valence-corrected chi connectivity index (χ3v) is 7.78. The lowest BCUT2D eigenvalue weighted by Gasteiger charge is -2.47. The number of halogens is 2. The van der Waals surface area contributed by atoms with Crippen molar-refractivity contribution in [3.8, 4) is 11.3 Å². The number of carbonyl (C=O) groups is 2. The van der Waals surface area contributed by atoms with Gasteiger partial charge in [0.05, 0.1) is 16.3 Å². The molecule has 3 aromatic heterocycles. The number of hydrogen-bond donors (Lipinski definition) is 1. The summed E-state index contributed by atoms with van der Waals surface area (Å²) < 4.78 is 20.4. The molecule has 0 aliphatic carbocycles. The van der Waals surface area contributed by atoms with Gasteiger partial charge in [-0.25, -0.2) is 19.2 Å². The molecule has 0 unspecified atom stereocenters. The van der Waals surface area contributed by atoms with Crippen molar-refractivity contribution in [3.05, 3.63) is 75.9 Å². The van der Waals surface area contributed by atoms with E-state index < -0.39 is 17.3 Å². The molecule has 1 aliphatic heterocycles. The number of amides is 1. The van der Waals surface area contributed by atoms with Crippen LogP contribution in [0.3, 0.4) is 0 Å². The molecule has 8 nitrogen and oxygen atoms in total. The Labute approximate surface area is 242 Å². The molecule has 0 saturated carbocycles. The largest absolute Gasteiger partial charge is 0.477 e. The van der Waals surface area contributed by atoms with Crippen LogP contribution < -0.4 is 4.90 Å². The number of piperazine rings is 1. The van der Waals surface area contributed by atoms with E-state index in [9.17, 15) is 19.1 Å². The minimum absolute atomic E-state index is 0.0175. The van der Waals surface area contributed by atoms with Crippen LogP contribution in [0.1, 0.15) is 66.8 Å². The van der Waals surface area contributed by atoms with Gasteiger partial charge >= 0.3 is 5.97 Å². The molecule has 0 bridgehead atoms. The first kappa shape index (κ1) is 28.5. The van der Waals surface area contributed by atoms with Crippen molar-refractivity contribution in [2.24, 2.45) is 0 Å². The summed E-state index contributed by atoms with van der Waals surface area (Å²) >= 11 is 5.89. The predicted molar refractivity (Wildman–Crippen MR) is 156 cm³/mol. The van der Waals surface area contributed by atoms with Gasteiger partial charge in [-0.05, 0) is 56.0 Å². The molecule has 0 atom stereocenters. The second kappa shape index (κ2) is 10.1. The third kappa shape index (κ3) is 5.38. The Hall–Kier alpha value is -3.98. The molecule has 4 aromatic rings. The first-order valence-corrected chi connectivity index (χ1v) is 13.7. The summed E-state index contributed by atoms with van der Waals surface area (Å²) in [5, 5.41) is 9.53. The quantitative estimate of drug-likeness (QED) is 0.287. The number of pyridine rings is 2. The maximum atomic E-state index is 14.2. The Balaban J connectivity index is 1.47. The fraction of sp³-hybridized carbons (Fsp3) is 0.355. The summed E-state index contributed by atoms with van der Waals surface area (Å²) in [5.74, 6) is -1.15. The first-order chi connectivity index (χ1) is 19.2. The number of aromatic carboxylic acids is 1. The summed E-state index contributed by atoms with van der Waals surface area (Å²) in [6.45, 7) is 13.0. The highest BCUT2D eigenvalue weighted by molar-refractivity contribution is 6.30. The van der Waals surface area contributed by atoms with Crippen molar-refractivity contribution in [2.75, 3.05) is 24.5 Å². The van der Waals surface area contributed by atoms with Gasteiger partial charge in [0.25, 0.3) is 5.91 Å². The van der Waals surface area contributed by atoms with Gasteiger partial charge in [0.15, 0.2) is 17.0 Å². The van der Waals surface area contributed by atoms with Crippen LogP contribution in [0.4, 0.5) is 10.2 Å². The third-order valence-electron chi connectivity index (χ3n) is 7.47. The fourth-order valence-corrected chi connectivity index (χ4v) is 5.38. The lowest BCUT2D eigenvalue weighted by molar-refractivity contribution is 0.0483. The lowest BCUT2D eigenvalue weighted by atomic mass is 9.86. The van der Waals surface area contributed by atoms with Gasteiger partial charge < -0.3 is 19.3 Å². The lowest BCUT2D eigenvalue weighted by Crippen LogP contribution is -2.61. The van der Waals surface area contributed by atoms with Crippen molar-refractivity contribution in [1.82, 2.24) is 14.9 Å². The number of fused-ring (bicyclic) bond motifs is 1. The van der Waals surface area contributed by atoms with E-state index in [1.165, 1.54) is 12.1 Å². The van der Waals surface area contributed by atoms with Crippen molar-refractivity contribution in [2.45, 2.75) is 52.5 Å². The molecule has 214 valence electrons. The van der Waals surface area contributed by atoms with Crippen molar-refractivity contribution < 1.29 is 23.5 Å². The van der Waals surface area contributed by atoms with Crippen LogP contribution in [0.25, 0.3) is 22.4 Å². The summed E-state index contributed by atoms with van der Waals surface area (Å²) in [5.41, 5.74) is 2.63. The van der Waals surface area contributed by atoms with E-state index in [1.807, 2.05) is 45.6 Å². The van der Waals surface area contributed by atoms with Crippen LogP contribution in [0, 0.1) is 12.7 Å². The molecule has 1 amide bonds. The average Bonchev–Trinajstić information content (AvgIpc) is 3.32. The van der Waals surface area contributed by atoms with Crippen molar-refractivity contribution in [1.29, 1.82) is 0 Å². The van der Waals surface area contributed by atoms with Crippen molar-refractivity contribution in [3.63, 3.8) is 0 Å². The molecule has 5 rings (SSSR count). The number of benzene rings is 1. The van der Waals surface area contributed by atoms with Gasteiger partial charge in [0.2, 0.25) is 0 Å². The minimum atomic E-state index is -1.07. The topological polar surface area (TPSA) is 99.8 Å². The molecule has 1 N–H and O–H groups in total. The normalized spacial score (nSPS) is 15.4. The monoisotopic (exact) mass is 578 g/mol. The maximum Gasteiger partial charge on any atom is 0.354 e. The molecule has 1 saturated heterocycles. The molecular weight excluding hydrogens is 547 g/mol. The van der Waals surface area contributed by atoms with E-state index in [4.69, 9.17) is 21.0 Å². The van der Waals surface area contributed by atoms with E-state index in [1.54, 1.807) is 36.1 Å². The molecule has 0 spiro atoms. The highest BCUT2D eigenvalue weighted by Crippen LogP contribution is 2.36. The Kier molecular flexibility index (Phi) is 7.06. The summed E-state index contributed by atoms with van der Waals surface area (Å²) in [4.78, 5) is 38.3. The number of carboxylic acid groups (broad SMARTS) is 1. The number of furan rings is 1. The van der Waals surface area contributed by atoms with Crippen LogP contribution in [-0.4, -0.2) is 57.0 Å². The Bertz CT molecular complexity index is 1690. The van der Waals surface area contributed by atoms with Crippen LogP contribution in [0.5, 0.6) is 0 Å². The molecule has 1 fully saturated rings. The van der Waals surface area contributed by atoms with Crippen LogP contribution in [0.2, 0.25) is 5.02 Å². The Morgan fingerprint density at radius 2 is 1.80 bits per heavy atom. The highest BCUT2D eigenvalue weighted by atomic mass is 35.5. The highest BCUT2D eigenvalue weighted by Gasteiger charge is 2.39. The Morgan fingerprint density at radius 1 is 1.07 bits per heavy atom. The van der Waals surface area contributed by atoms with E-state index in [-0.39, 0.29) is 27.8 Å². The van der Waals surface area contributed by atoms with Crippen LogP contribution >= 0.6 is 11.6 Å². The number of hydrogen-bond acceptors (Lipinski definition) is 6. The molecule has 1 aromatic carbocycles. The molecule has 4 heterocycles. The van der Waals surface area contributed by atoms with E-state index >= 15 is 0 Å². The number of aryl methyl sites for hydroxylation is 1. The maximum absolute atomic E-state index is 14.2. The number of carbonyl (C=O) groups excluding carboxylic acids is 1. The predicted octanol–water partition coefficient (Wildman–Crippen LogP) is 6.73. The van der Waals surface area contributed by atoms with Crippen LogP contribution in [0.15, 0.2) is 46.9 Å². The van der Waals surface area contributed by atoms with Gasteiger partial charge in [0, 0.05) is 36.8 Å². The Morgan fingerprint density at radius 3 is 2.44 bits per heavy atom.